The summed E-state index contributed by atoms with van der Waals surface area (Å²) in [6, 6.07) is 16.9. The average molecular weight is 397 g/mol. The molecule has 0 aliphatic heterocycles. The molecule has 2 aromatic carbocycles. The maximum absolute atomic E-state index is 9.23. The number of benzene rings is 2. The molecule has 0 amide bonds. The number of aryl methyl sites for hydroxylation is 2. The molecule has 0 spiro atoms. The van der Waals surface area contributed by atoms with E-state index in [0.29, 0.717) is 6.42 Å². The Morgan fingerprint density at radius 1 is 0.963 bits per heavy atom. The van der Waals surface area contributed by atoms with E-state index < -0.39 is 13.4 Å². The number of aliphatic hydroxyl groups is 2. The van der Waals surface area contributed by atoms with Gasteiger partial charge in [-0.25, -0.2) is 4.57 Å². The number of phosphoric acid groups is 1. The molecule has 0 saturated heterocycles. The van der Waals surface area contributed by atoms with E-state index in [9.17, 15) is 10.2 Å². The zero-order valence-corrected chi connectivity index (χ0v) is 16.2. The number of nitrogens with two attached hydrogens (primary N) is 1. The van der Waals surface area contributed by atoms with Crippen LogP contribution in [0.4, 0.5) is 0 Å². The lowest BCUT2D eigenvalue weighted by Crippen LogP contribution is -2.47. The fraction of sp³-hybridized carbons (Fsp3) is 0.368. The van der Waals surface area contributed by atoms with Crippen LogP contribution in [-0.4, -0.2) is 43.6 Å². The van der Waals surface area contributed by atoms with Crippen molar-refractivity contribution in [2.24, 2.45) is 5.73 Å². The van der Waals surface area contributed by atoms with Gasteiger partial charge in [-0.2, -0.15) is 0 Å². The summed E-state index contributed by atoms with van der Waals surface area (Å²) in [6.45, 7) is 1.76. The smallest absolute Gasteiger partial charge is 0.394 e. The van der Waals surface area contributed by atoms with Crippen LogP contribution in [0.1, 0.15) is 24.5 Å². The van der Waals surface area contributed by atoms with Gasteiger partial charge < -0.3 is 30.6 Å². The second-order valence-corrected chi connectivity index (χ2v) is 7.43. The molecule has 0 aromatic heterocycles. The van der Waals surface area contributed by atoms with Crippen molar-refractivity contribution in [1.29, 1.82) is 0 Å². The summed E-state index contributed by atoms with van der Waals surface area (Å²) in [5.41, 5.74) is 10.00. The third-order valence-corrected chi connectivity index (χ3v) is 4.20. The first-order valence-corrected chi connectivity index (χ1v) is 10.1. The Labute approximate surface area is 159 Å². The topological polar surface area (TPSA) is 144 Å². The van der Waals surface area contributed by atoms with Crippen LogP contribution in [0.5, 0.6) is 0 Å². The van der Waals surface area contributed by atoms with E-state index in [1.807, 2.05) is 0 Å². The second kappa shape index (κ2) is 10.7. The van der Waals surface area contributed by atoms with Crippen molar-refractivity contribution in [2.75, 3.05) is 13.2 Å². The minimum atomic E-state index is -4.64. The molecular formula is C19H28NO6P. The fourth-order valence-corrected chi connectivity index (χ4v) is 2.56. The van der Waals surface area contributed by atoms with Crippen LogP contribution >= 0.6 is 7.82 Å². The molecule has 2 rings (SSSR count). The molecule has 0 aliphatic rings. The Hall–Kier alpha value is -1.57. The van der Waals surface area contributed by atoms with Crippen molar-refractivity contribution < 1.29 is 29.5 Å². The lowest BCUT2D eigenvalue weighted by Gasteiger charge is -2.24. The summed E-state index contributed by atoms with van der Waals surface area (Å²) in [4.78, 5) is 21.6. The molecule has 27 heavy (non-hydrogen) atoms. The first-order chi connectivity index (χ1) is 12.6. The molecule has 7 N–H and O–H groups in total. The van der Waals surface area contributed by atoms with Crippen molar-refractivity contribution >= 4 is 7.82 Å². The Bertz CT molecular complexity index is 732. The largest absolute Gasteiger partial charge is 0.466 e. The first kappa shape index (κ1) is 23.5. The highest BCUT2D eigenvalue weighted by Gasteiger charge is 2.22. The quantitative estimate of drug-likeness (QED) is 0.389. The lowest BCUT2D eigenvalue weighted by atomic mass is 9.92. The summed E-state index contributed by atoms with van der Waals surface area (Å²) < 4.78 is 8.88. The van der Waals surface area contributed by atoms with E-state index >= 15 is 0 Å². The normalized spacial score (nSPS) is 11.7. The molecule has 0 bridgehead atoms. The van der Waals surface area contributed by atoms with E-state index in [1.54, 1.807) is 0 Å². The van der Waals surface area contributed by atoms with Crippen LogP contribution in [0.3, 0.4) is 0 Å². The third kappa shape index (κ3) is 8.77. The van der Waals surface area contributed by atoms with Gasteiger partial charge in [0.1, 0.15) is 0 Å². The first-order valence-electron chi connectivity index (χ1n) is 8.58. The molecule has 0 saturated carbocycles. The predicted octanol–water partition coefficient (Wildman–Crippen LogP) is 1.60. The van der Waals surface area contributed by atoms with Gasteiger partial charge in [0.25, 0.3) is 0 Å². The van der Waals surface area contributed by atoms with Crippen LogP contribution in [0.2, 0.25) is 0 Å². The highest BCUT2D eigenvalue weighted by molar-refractivity contribution is 7.45. The molecule has 8 heteroatoms. The number of hydrogen-bond donors (Lipinski definition) is 6. The van der Waals surface area contributed by atoms with Gasteiger partial charge in [-0.1, -0.05) is 55.5 Å². The van der Waals surface area contributed by atoms with Crippen LogP contribution in [0.15, 0.2) is 48.5 Å². The fourth-order valence-electron chi connectivity index (χ4n) is 2.56. The highest BCUT2D eigenvalue weighted by atomic mass is 31.2. The van der Waals surface area contributed by atoms with Crippen molar-refractivity contribution in [3.63, 3.8) is 0 Å². The Kier molecular flexibility index (Phi) is 9.29. The molecular weight excluding hydrogens is 369 g/mol. The lowest BCUT2D eigenvalue weighted by molar-refractivity contribution is 0.115. The van der Waals surface area contributed by atoms with Crippen molar-refractivity contribution in [3.8, 4) is 11.1 Å². The van der Waals surface area contributed by atoms with E-state index in [4.69, 9.17) is 25.0 Å². The number of aliphatic hydroxyl groups excluding tert-OH is 2. The Balaban J connectivity index is 0.000000646. The van der Waals surface area contributed by atoms with E-state index in [1.165, 1.54) is 16.7 Å². The van der Waals surface area contributed by atoms with E-state index in [2.05, 4.69) is 55.5 Å². The molecule has 0 atom stereocenters. The standard InChI is InChI=1S/C19H25NO2.H3O4P/c1-2-16-5-3-4-6-18(16)17-9-7-15(8-10-17)11-12-19(20,13-21)14-22;1-5(2,3)4/h3-10,21-22H,2,11-14,20H2,1H3;(H3,1,2,3,4). The second-order valence-electron chi connectivity index (χ2n) is 6.40. The van der Waals surface area contributed by atoms with Gasteiger partial charge in [-0.05, 0) is 41.5 Å². The van der Waals surface area contributed by atoms with Crippen molar-refractivity contribution in [3.05, 3.63) is 59.7 Å². The van der Waals surface area contributed by atoms with Gasteiger partial charge in [-0.3, -0.25) is 0 Å². The van der Waals surface area contributed by atoms with Crippen LogP contribution in [0, 0.1) is 0 Å². The summed E-state index contributed by atoms with van der Waals surface area (Å²) in [6.07, 6.45) is 2.32. The highest BCUT2D eigenvalue weighted by Crippen LogP contribution is 2.26. The molecule has 7 nitrogen and oxygen atoms in total. The van der Waals surface area contributed by atoms with Gasteiger partial charge in [-0.15, -0.1) is 0 Å². The Morgan fingerprint density at radius 3 is 1.96 bits per heavy atom. The monoisotopic (exact) mass is 397 g/mol. The van der Waals surface area contributed by atoms with Crippen molar-refractivity contribution in [1.82, 2.24) is 0 Å². The van der Waals surface area contributed by atoms with Crippen LogP contribution < -0.4 is 5.73 Å². The van der Waals surface area contributed by atoms with Gasteiger partial charge in [0.05, 0.1) is 18.8 Å². The maximum atomic E-state index is 9.23. The predicted molar refractivity (Wildman–Crippen MR) is 105 cm³/mol. The summed E-state index contributed by atoms with van der Waals surface area (Å²) in [5, 5.41) is 18.5. The summed E-state index contributed by atoms with van der Waals surface area (Å²) in [5.74, 6) is 0. The molecule has 150 valence electrons. The molecule has 0 radical (unpaired) electrons. The van der Waals surface area contributed by atoms with Crippen LogP contribution in [-0.2, 0) is 17.4 Å². The Morgan fingerprint density at radius 2 is 1.48 bits per heavy atom. The minimum Gasteiger partial charge on any atom is -0.394 e. The molecule has 0 aliphatic carbocycles. The summed E-state index contributed by atoms with van der Waals surface area (Å²) >= 11 is 0. The minimum absolute atomic E-state index is 0.203. The molecule has 0 fully saturated rings. The van der Waals surface area contributed by atoms with Gasteiger partial charge in [0.2, 0.25) is 0 Å². The summed E-state index contributed by atoms with van der Waals surface area (Å²) in [7, 11) is -4.64. The molecule has 2 aromatic rings. The van der Waals surface area contributed by atoms with Crippen LogP contribution in [0.25, 0.3) is 11.1 Å². The van der Waals surface area contributed by atoms with Gasteiger partial charge in [0.15, 0.2) is 0 Å². The van der Waals surface area contributed by atoms with Crippen molar-refractivity contribution in [2.45, 2.75) is 31.7 Å². The third-order valence-electron chi connectivity index (χ3n) is 4.20. The number of hydrogen-bond acceptors (Lipinski definition) is 4. The van der Waals surface area contributed by atoms with E-state index in [0.717, 1.165) is 18.4 Å². The number of rotatable bonds is 7. The average Bonchev–Trinajstić information content (AvgIpc) is 2.65. The SMILES string of the molecule is CCc1ccccc1-c1ccc(CCC(N)(CO)CO)cc1.O=P(O)(O)O. The molecule has 0 unspecified atom stereocenters. The molecule has 0 heterocycles. The zero-order chi connectivity index (χ0) is 20.5. The van der Waals surface area contributed by atoms with Gasteiger partial charge >= 0.3 is 7.82 Å². The zero-order valence-electron chi connectivity index (χ0n) is 15.3. The van der Waals surface area contributed by atoms with Gasteiger partial charge in [0, 0.05) is 0 Å². The maximum Gasteiger partial charge on any atom is 0.466 e. The van der Waals surface area contributed by atoms with E-state index in [-0.39, 0.29) is 13.2 Å².